The fourth-order valence-electron chi connectivity index (χ4n) is 3.13. The summed E-state index contributed by atoms with van der Waals surface area (Å²) in [6, 6.07) is 8.96. The molecule has 33 heavy (non-hydrogen) atoms. The van der Waals surface area contributed by atoms with Crippen LogP contribution in [-0.4, -0.2) is 40.0 Å². The fourth-order valence-corrected chi connectivity index (χ4v) is 4.31. The molecule has 4 N–H and O–H groups in total. The quantitative estimate of drug-likeness (QED) is 0.275. The molecule has 0 saturated heterocycles. The first kappa shape index (κ1) is 22.8. The molecule has 3 heterocycles. The molecule has 4 rings (SSSR count). The lowest BCUT2D eigenvalue weighted by Gasteiger charge is -2.10. The fraction of sp³-hybridized carbons (Fsp3) is 0.167. The van der Waals surface area contributed by atoms with Crippen molar-refractivity contribution in [2.45, 2.75) is 13.2 Å². The molecule has 0 atom stereocenters. The Morgan fingerprint density at radius 1 is 1.27 bits per heavy atom. The number of aryl methyl sites for hydroxylation is 1. The van der Waals surface area contributed by atoms with E-state index in [-0.39, 0.29) is 27.9 Å². The molecule has 3 aromatic heterocycles. The molecule has 0 radical (unpaired) electrons. The molecule has 0 spiro atoms. The number of thiazole rings is 1. The monoisotopic (exact) mass is 492 g/mol. The van der Waals surface area contributed by atoms with Crippen molar-refractivity contribution >= 4 is 36.1 Å². The van der Waals surface area contributed by atoms with Gasteiger partial charge in [-0.1, -0.05) is 30.3 Å². The van der Waals surface area contributed by atoms with E-state index in [0.717, 1.165) is 21.5 Å². The molecule has 0 unspecified atom stereocenters. The molecule has 0 aliphatic rings. The van der Waals surface area contributed by atoms with E-state index in [0.29, 0.717) is 5.69 Å². The Labute approximate surface area is 187 Å². The number of hydrogen-bond donors (Lipinski definition) is 4. The molecule has 13 nitrogen and oxygen atoms in total. The second kappa shape index (κ2) is 8.84. The van der Waals surface area contributed by atoms with Gasteiger partial charge in [-0.05, 0) is 5.56 Å². The van der Waals surface area contributed by atoms with Gasteiger partial charge in [-0.15, -0.1) is 11.3 Å². The summed E-state index contributed by atoms with van der Waals surface area (Å²) in [5, 5.41) is 8.26. The third kappa shape index (κ3) is 4.84. The molecule has 1 amide bonds. The molecule has 0 aliphatic carbocycles. The van der Waals surface area contributed by atoms with Gasteiger partial charge in [0.05, 0.1) is 17.8 Å². The summed E-state index contributed by atoms with van der Waals surface area (Å²) < 4.78 is 18.4. The number of aromatic nitrogens is 5. The van der Waals surface area contributed by atoms with Gasteiger partial charge < -0.3 is 9.79 Å². The number of hydrogen-bond acceptors (Lipinski definition) is 7. The predicted octanol–water partition coefficient (Wildman–Crippen LogP) is 0.217. The second-order valence-electron chi connectivity index (χ2n) is 6.85. The number of H-pyrrole nitrogens is 2. The summed E-state index contributed by atoms with van der Waals surface area (Å²) in [5.41, 5.74) is 0.215. The average Bonchev–Trinajstić information content (AvgIpc) is 3.35. The van der Waals surface area contributed by atoms with Crippen LogP contribution in [0.1, 0.15) is 5.69 Å². The van der Waals surface area contributed by atoms with Crippen LogP contribution in [0.25, 0.3) is 22.3 Å². The normalized spacial score (nSPS) is 12.5. The highest BCUT2D eigenvalue weighted by molar-refractivity contribution is 7.46. The number of nitrogens with zero attached hydrogens (tertiary/aromatic N) is 4. The van der Waals surface area contributed by atoms with Gasteiger partial charge in [-0.2, -0.15) is 10.1 Å². The molecule has 0 bridgehead atoms. The van der Waals surface area contributed by atoms with Gasteiger partial charge in [0.1, 0.15) is 12.1 Å². The van der Waals surface area contributed by atoms with E-state index in [4.69, 9.17) is 9.79 Å². The van der Waals surface area contributed by atoms with Gasteiger partial charge in [0.15, 0.2) is 10.4 Å². The number of aromatic amines is 2. The van der Waals surface area contributed by atoms with Crippen molar-refractivity contribution in [3.8, 4) is 11.3 Å². The van der Waals surface area contributed by atoms with Crippen molar-refractivity contribution < 1.29 is 23.7 Å². The van der Waals surface area contributed by atoms with Crippen molar-refractivity contribution in [3.05, 3.63) is 67.0 Å². The summed E-state index contributed by atoms with van der Waals surface area (Å²) in [6.07, 6.45) is -0.324. The lowest BCUT2D eigenvalue weighted by Crippen LogP contribution is -2.28. The Morgan fingerprint density at radius 2 is 2.00 bits per heavy atom. The highest BCUT2D eigenvalue weighted by atomic mass is 32.1. The molecule has 1 aromatic carbocycles. The zero-order chi connectivity index (χ0) is 23.8. The SMILES string of the molecule is Cn1c(=O)[nH]c(=O)c2c(CC(=O)N=c3scc(-c4ccccc4)n3COP(=O)(O)O)[nH]nc21. The number of rotatable bonds is 6. The first-order chi connectivity index (χ1) is 15.6. The lowest BCUT2D eigenvalue weighted by molar-refractivity contribution is -0.117. The molecule has 0 saturated carbocycles. The van der Waals surface area contributed by atoms with E-state index in [1.807, 2.05) is 6.07 Å². The van der Waals surface area contributed by atoms with Crippen molar-refractivity contribution in [2.75, 3.05) is 0 Å². The van der Waals surface area contributed by atoms with E-state index >= 15 is 0 Å². The van der Waals surface area contributed by atoms with Gasteiger partial charge >= 0.3 is 13.5 Å². The van der Waals surface area contributed by atoms with Crippen LogP contribution in [0, 0.1) is 0 Å². The van der Waals surface area contributed by atoms with Gasteiger partial charge in [0, 0.05) is 12.4 Å². The number of nitrogens with one attached hydrogen (secondary N) is 2. The third-order valence-electron chi connectivity index (χ3n) is 4.66. The number of fused-ring (bicyclic) bond motifs is 1. The molecule has 15 heteroatoms. The first-order valence-corrected chi connectivity index (χ1v) is 11.7. The third-order valence-corrected chi connectivity index (χ3v) is 5.98. The van der Waals surface area contributed by atoms with Crippen LogP contribution in [0.15, 0.2) is 50.3 Å². The maximum absolute atomic E-state index is 12.7. The minimum atomic E-state index is -4.78. The predicted molar refractivity (Wildman–Crippen MR) is 117 cm³/mol. The zero-order valence-corrected chi connectivity index (χ0v) is 18.7. The van der Waals surface area contributed by atoms with E-state index in [2.05, 4.69) is 24.7 Å². The average molecular weight is 492 g/mol. The van der Waals surface area contributed by atoms with Crippen LogP contribution >= 0.6 is 19.2 Å². The Balaban J connectivity index is 1.72. The maximum atomic E-state index is 12.7. The summed E-state index contributed by atoms with van der Waals surface area (Å²) >= 11 is 1.08. The topological polar surface area (TPSA) is 185 Å². The van der Waals surface area contributed by atoms with Crippen molar-refractivity contribution in [3.63, 3.8) is 0 Å². The summed E-state index contributed by atoms with van der Waals surface area (Å²) in [5.74, 6) is -0.653. The Kier molecular flexibility index (Phi) is 6.10. The standard InChI is InChI=1S/C18H17N6O7PS/c1-23-15-14(16(26)20-17(23)27)11(21-22-15)7-13(25)19-18-24(9-31-32(28,29)30)12(8-33-18)10-5-3-2-4-6-10/h2-6,8H,7,9H2,1H3,(H,21,22)(H,20,26,27)(H2,28,29,30). The summed E-state index contributed by atoms with van der Waals surface area (Å²) in [7, 11) is -3.35. The number of carbonyl (C=O) groups is 1. The molecular weight excluding hydrogens is 475 g/mol. The molecular formula is C18H17N6O7PS. The van der Waals surface area contributed by atoms with E-state index in [9.17, 15) is 18.9 Å². The van der Waals surface area contributed by atoms with Crippen molar-refractivity contribution in [1.82, 2.24) is 24.3 Å². The minimum absolute atomic E-state index is 0.0644. The largest absolute Gasteiger partial charge is 0.471 e. The number of phosphoric ester groups is 1. The lowest BCUT2D eigenvalue weighted by atomic mass is 10.2. The van der Waals surface area contributed by atoms with E-state index in [1.165, 1.54) is 11.6 Å². The number of amides is 1. The van der Waals surface area contributed by atoms with Gasteiger partial charge in [-0.25, -0.2) is 9.36 Å². The van der Waals surface area contributed by atoms with Crippen molar-refractivity contribution in [1.29, 1.82) is 0 Å². The smallest absolute Gasteiger partial charge is 0.303 e. The van der Waals surface area contributed by atoms with Crippen LogP contribution in [0.2, 0.25) is 0 Å². The van der Waals surface area contributed by atoms with Gasteiger partial charge in [-0.3, -0.25) is 33.3 Å². The maximum Gasteiger partial charge on any atom is 0.471 e. The molecule has 0 aliphatic heterocycles. The molecule has 0 fully saturated rings. The van der Waals surface area contributed by atoms with Crippen LogP contribution in [-0.2, 0) is 34.1 Å². The second-order valence-corrected chi connectivity index (χ2v) is 8.92. The van der Waals surface area contributed by atoms with Crippen molar-refractivity contribution in [2.24, 2.45) is 12.0 Å². The highest BCUT2D eigenvalue weighted by Crippen LogP contribution is 2.36. The number of phosphoric acid groups is 1. The van der Waals surface area contributed by atoms with Gasteiger partial charge in [0.2, 0.25) is 0 Å². The first-order valence-electron chi connectivity index (χ1n) is 9.31. The highest BCUT2D eigenvalue weighted by Gasteiger charge is 2.18. The Morgan fingerprint density at radius 3 is 2.70 bits per heavy atom. The van der Waals surface area contributed by atoms with Crippen LogP contribution < -0.4 is 16.1 Å². The van der Waals surface area contributed by atoms with Crippen LogP contribution in [0.5, 0.6) is 0 Å². The summed E-state index contributed by atoms with van der Waals surface area (Å²) in [6.45, 7) is -0.543. The zero-order valence-electron chi connectivity index (χ0n) is 17.0. The number of benzene rings is 1. The van der Waals surface area contributed by atoms with E-state index < -0.39 is 31.7 Å². The van der Waals surface area contributed by atoms with E-state index in [1.54, 1.807) is 29.6 Å². The molecule has 172 valence electrons. The van der Waals surface area contributed by atoms with Crippen LogP contribution in [0.3, 0.4) is 0 Å². The molecule has 4 aromatic rings. The van der Waals surface area contributed by atoms with Gasteiger partial charge in [0.25, 0.3) is 11.5 Å². The Bertz CT molecular complexity index is 1570. The number of carbonyl (C=O) groups excluding carboxylic acids is 1. The minimum Gasteiger partial charge on any atom is -0.303 e. The van der Waals surface area contributed by atoms with Crippen LogP contribution in [0.4, 0.5) is 0 Å². The Hall–Kier alpha value is -3.42. The summed E-state index contributed by atoms with van der Waals surface area (Å²) in [4.78, 5) is 61.1.